The van der Waals surface area contributed by atoms with Gasteiger partial charge in [0.15, 0.2) is 0 Å². The van der Waals surface area contributed by atoms with E-state index in [1.807, 2.05) is 0 Å². The predicted octanol–water partition coefficient (Wildman–Crippen LogP) is 4.36. The molecule has 8 heteroatoms. The highest BCUT2D eigenvalue weighted by Gasteiger charge is 2.37. The van der Waals surface area contributed by atoms with Crippen LogP contribution in [0.3, 0.4) is 0 Å². The molecule has 6 nitrogen and oxygen atoms in total. The number of hydrogen-bond acceptors (Lipinski definition) is 5. The molecule has 2 aromatic carbocycles. The monoisotopic (exact) mass is 428 g/mol. The smallest absolute Gasteiger partial charge is 0.326 e. The largest absolute Gasteiger partial charge is 0.480 e. The number of aliphatic hydroxyl groups is 1. The summed E-state index contributed by atoms with van der Waals surface area (Å²) in [6.07, 6.45) is -0.605. The molecule has 1 fully saturated rings. The number of aromatic nitrogens is 1. The van der Waals surface area contributed by atoms with Crippen LogP contribution < -0.4 is 9.64 Å². The van der Waals surface area contributed by atoms with Gasteiger partial charge in [0.05, 0.1) is 11.8 Å². The highest BCUT2D eigenvalue weighted by atomic mass is 35.5. The number of ether oxygens (including phenoxy) is 1. The van der Waals surface area contributed by atoms with Crippen molar-refractivity contribution in [2.75, 3.05) is 11.4 Å². The van der Waals surface area contributed by atoms with Crippen LogP contribution >= 0.6 is 11.6 Å². The number of carbonyl (C=O) groups is 1. The number of benzene rings is 2. The molecule has 0 bridgehead atoms. The molecule has 4 rings (SSSR count). The SMILES string of the molecule is O=C(O)[C@@H]1C[C@@H](O)CN1c1cc(Cl)cc(-c2ccc(Oc3ccc(F)cc3)cc2)n1. The molecule has 2 N–H and O–H groups in total. The summed E-state index contributed by atoms with van der Waals surface area (Å²) >= 11 is 6.26. The summed E-state index contributed by atoms with van der Waals surface area (Å²) in [7, 11) is 0. The van der Waals surface area contributed by atoms with E-state index in [9.17, 15) is 19.4 Å². The number of aliphatic carboxylic acids is 1. The van der Waals surface area contributed by atoms with E-state index in [-0.39, 0.29) is 18.8 Å². The van der Waals surface area contributed by atoms with Crippen LogP contribution in [0.15, 0.2) is 60.7 Å². The fourth-order valence-electron chi connectivity index (χ4n) is 3.41. The molecule has 0 saturated carbocycles. The van der Waals surface area contributed by atoms with E-state index in [4.69, 9.17) is 16.3 Å². The number of halogens is 2. The highest BCUT2D eigenvalue weighted by Crippen LogP contribution is 2.31. The first kappa shape index (κ1) is 20.1. The molecule has 1 aliphatic rings. The minimum Gasteiger partial charge on any atom is -0.480 e. The summed E-state index contributed by atoms with van der Waals surface area (Å²) in [6, 6.07) is 15.2. The highest BCUT2D eigenvalue weighted by molar-refractivity contribution is 6.31. The molecule has 0 unspecified atom stereocenters. The molecule has 0 aliphatic carbocycles. The van der Waals surface area contributed by atoms with Crippen LogP contribution in [-0.4, -0.2) is 39.9 Å². The summed E-state index contributed by atoms with van der Waals surface area (Å²) in [5.74, 6) is 0.127. The Morgan fingerprint density at radius 2 is 1.73 bits per heavy atom. The zero-order chi connectivity index (χ0) is 21.3. The molecule has 2 atom stereocenters. The van der Waals surface area contributed by atoms with Gasteiger partial charge in [0, 0.05) is 23.6 Å². The zero-order valence-electron chi connectivity index (χ0n) is 15.7. The molecule has 0 radical (unpaired) electrons. The van der Waals surface area contributed by atoms with Crippen molar-refractivity contribution < 1.29 is 24.1 Å². The Morgan fingerprint density at radius 1 is 1.10 bits per heavy atom. The topological polar surface area (TPSA) is 82.9 Å². The second-order valence-corrected chi connectivity index (χ2v) is 7.44. The Morgan fingerprint density at radius 3 is 2.37 bits per heavy atom. The fourth-order valence-corrected chi connectivity index (χ4v) is 3.61. The van der Waals surface area contributed by atoms with Crippen molar-refractivity contribution in [1.29, 1.82) is 0 Å². The molecule has 0 spiro atoms. The quantitative estimate of drug-likeness (QED) is 0.628. The first-order valence-electron chi connectivity index (χ1n) is 9.28. The number of anilines is 1. The Hall–Kier alpha value is -3.16. The Labute approximate surface area is 177 Å². The van der Waals surface area contributed by atoms with Gasteiger partial charge in [-0.3, -0.25) is 0 Å². The van der Waals surface area contributed by atoms with Crippen LogP contribution in [0.2, 0.25) is 5.02 Å². The number of aliphatic hydroxyl groups excluding tert-OH is 1. The molecule has 30 heavy (non-hydrogen) atoms. The van der Waals surface area contributed by atoms with Crippen molar-refractivity contribution in [3.63, 3.8) is 0 Å². The lowest BCUT2D eigenvalue weighted by molar-refractivity contribution is -0.138. The van der Waals surface area contributed by atoms with E-state index in [0.717, 1.165) is 5.56 Å². The van der Waals surface area contributed by atoms with Crippen molar-refractivity contribution in [2.24, 2.45) is 0 Å². The molecular weight excluding hydrogens is 411 g/mol. The Balaban J connectivity index is 1.58. The van der Waals surface area contributed by atoms with Crippen LogP contribution in [0.1, 0.15) is 6.42 Å². The van der Waals surface area contributed by atoms with E-state index in [1.165, 1.54) is 24.3 Å². The maximum absolute atomic E-state index is 13.0. The minimum absolute atomic E-state index is 0.133. The summed E-state index contributed by atoms with van der Waals surface area (Å²) in [6.45, 7) is 0.175. The van der Waals surface area contributed by atoms with Gasteiger partial charge >= 0.3 is 5.97 Å². The summed E-state index contributed by atoms with van der Waals surface area (Å²) in [5.41, 5.74) is 1.33. The number of pyridine rings is 1. The summed E-state index contributed by atoms with van der Waals surface area (Å²) in [4.78, 5) is 17.6. The number of carboxylic acid groups (broad SMARTS) is 1. The number of carboxylic acids is 1. The van der Waals surface area contributed by atoms with E-state index < -0.39 is 18.1 Å². The Bertz CT molecular complexity index is 1060. The van der Waals surface area contributed by atoms with E-state index in [1.54, 1.807) is 41.3 Å². The standard InChI is InChI=1S/C22H18ClFN2O4/c23-14-9-19(25-21(10-14)26-12-16(27)11-20(26)22(28)29)13-1-5-17(6-2-13)30-18-7-3-15(24)4-8-18/h1-10,16,20,27H,11-12H2,(H,28,29)/t16-,20+/m1/s1. The van der Waals surface area contributed by atoms with Gasteiger partial charge in [-0.25, -0.2) is 14.2 Å². The Kier molecular flexibility index (Phi) is 5.57. The average molecular weight is 429 g/mol. The van der Waals surface area contributed by atoms with E-state index >= 15 is 0 Å². The fraction of sp³-hybridized carbons (Fsp3) is 0.182. The molecule has 1 aromatic heterocycles. The second-order valence-electron chi connectivity index (χ2n) is 7.01. The van der Waals surface area contributed by atoms with Gasteiger partial charge in [0.25, 0.3) is 0 Å². The number of hydrogen-bond donors (Lipinski definition) is 2. The van der Waals surface area contributed by atoms with Crippen LogP contribution in [0, 0.1) is 5.82 Å². The third kappa shape index (κ3) is 4.37. The number of nitrogens with zero attached hydrogens (tertiary/aromatic N) is 2. The van der Waals surface area contributed by atoms with E-state index in [0.29, 0.717) is 28.0 Å². The van der Waals surface area contributed by atoms with Gasteiger partial charge in [0.1, 0.15) is 29.2 Å². The van der Waals surface area contributed by atoms with Gasteiger partial charge in [-0.2, -0.15) is 0 Å². The van der Waals surface area contributed by atoms with Gasteiger partial charge in [-0.1, -0.05) is 11.6 Å². The molecule has 3 aromatic rings. The van der Waals surface area contributed by atoms with Crippen molar-refractivity contribution in [3.05, 3.63) is 71.5 Å². The summed E-state index contributed by atoms with van der Waals surface area (Å²) in [5, 5.41) is 19.7. The van der Waals surface area contributed by atoms with E-state index in [2.05, 4.69) is 4.98 Å². The van der Waals surface area contributed by atoms with Crippen molar-refractivity contribution in [2.45, 2.75) is 18.6 Å². The number of rotatable bonds is 5. The van der Waals surface area contributed by atoms with Crippen molar-refractivity contribution in [3.8, 4) is 22.8 Å². The van der Waals surface area contributed by atoms with Gasteiger partial charge in [0.2, 0.25) is 0 Å². The van der Waals surface area contributed by atoms with Crippen molar-refractivity contribution in [1.82, 2.24) is 4.98 Å². The molecular formula is C22H18ClFN2O4. The van der Waals surface area contributed by atoms with Gasteiger partial charge in [-0.15, -0.1) is 0 Å². The average Bonchev–Trinajstić information content (AvgIpc) is 3.12. The number of β-amino-alcohol motifs (C(OH)–C–C–N with tert-alkyl or cyclic N) is 1. The second kappa shape index (κ2) is 8.30. The lowest BCUT2D eigenvalue weighted by Crippen LogP contribution is -2.36. The normalized spacial score (nSPS) is 18.4. The van der Waals surface area contributed by atoms with Gasteiger partial charge < -0.3 is 19.8 Å². The van der Waals surface area contributed by atoms with Crippen LogP contribution in [0.5, 0.6) is 11.5 Å². The molecule has 2 heterocycles. The third-order valence-corrected chi connectivity index (χ3v) is 5.05. The lowest BCUT2D eigenvalue weighted by Gasteiger charge is -2.23. The maximum Gasteiger partial charge on any atom is 0.326 e. The minimum atomic E-state index is -1.02. The molecule has 1 saturated heterocycles. The summed E-state index contributed by atoms with van der Waals surface area (Å²) < 4.78 is 18.7. The molecule has 154 valence electrons. The lowest BCUT2D eigenvalue weighted by atomic mass is 10.1. The predicted molar refractivity (Wildman–Crippen MR) is 111 cm³/mol. The van der Waals surface area contributed by atoms with Crippen LogP contribution in [-0.2, 0) is 4.79 Å². The van der Waals surface area contributed by atoms with Crippen LogP contribution in [0.25, 0.3) is 11.3 Å². The third-order valence-electron chi connectivity index (χ3n) is 4.83. The van der Waals surface area contributed by atoms with Crippen LogP contribution in [0.4, 0.5) is 10.2 Å². The first-order valence-corrected chi connectivity index (χ1v) is 9.66. The molecule has 0 amide bonds. The molecule has 1 aliphatic heterocycles. The first-order chi connectivity index (χ1) is 14.4. The van der Waals surface area contributed by atoms with Crippen molar-refractivity contribution >= 4 is 23.4 Å². The maximum atomic E-state index is 13.0. The van der Waals surface area contributed by atoms with Gasteiger partial charge in [-0.05, 0) is 60.7 Å². The zero-order valence-corrected chi connectivity index (χ0v) is 16.5.